The van der Waals surface area contributed by atoms with Crippen LogP contribution in [0, 0.1) is 5.92 Å². The normalized spacial score (nSPS) is 22.6. The van der Waals surface area contributed by atoms with Crippen molar-refractivity contribution in [2.75, 3.05) is 13.2 Å². The Hall–Kier alpha value is -0.940. The van der Waals surface area contributed by atoms with Gasteiger partial charge in [0.05, 0.1) is 12.1 Å². The predicted octanol–water partition coefficient (Wildman–Crippen LogP) is -0.478. The third-order valence-electron chi connectivity index (χ3n) is 3.07. The Morgan fingerprint density at radius 2 is 2.12 bits per heavy atom. The molecule has 1 saturated heterocycles. The van der Waals surface area contributed by atoms with Crippen LogP contribution in [0.4, 0.5) is 0 Å². The van der Waals surface area contributed by atoms with Gasteiger partial charge >= 0.3 is 0 Å². The molecule has 5 nitrogen and oxygen atoms in total. The van der Waals surface area contributed by atoms with Crippen molar-refractivity contribution in [3.63, 3.8) is 0 Å². The number of hydrogen-bond donors (Lipinski definition) is 2. The summed E-state index contributed by atoms with van der Waals surface area (Å²) in [7, 11) is 0. The van der Waals surface area contributed by atoms with Crippen molar-refractivity contribution in [1.29, 1.82) is 0 Å². The number of ketones is 1. The molecule has 0 spiro atoms. The molecule has 0 radical (unpaired) electrons. The molecule has 1 rings (SSSR count). The average molecular weight is 228 g/mol. The molecule has 1 heterocycles. The Bertz CT molecular complexity index is 278. The molecule has 0 aromatic heterocycles. The SMILES string of the molecule is CC(C)[C@H](N)C(=O)N1CCC[C@H]1C(=O)CO. The van der Waals surface area contributed by atoms with Crippen molar-refractivity contribution in [1.82, 2.24) is 4.90 Å². The van der Waals surface area contributed by atoms with Gasteiger partial charge in [-0.2, -0.15) is 0 Å². The van der Waals surface area contributed by atoms with E-state index in [4.69, 9.17) is 10.8 Å². The van der Waals surface area contributed by atoms with E-state index in [1.807, 2.05) is 13.8 Å². The maximum atomic E-state index is 12.0. The van der Waals surface area contributed by atoms with Crippen LogP contribution in [0.5, 0.6) is 0 Å². The molecule has 92 valence electrons. The molecule has 0 aromatic rings. The van der Waals surface area contributed by atoms with Gasteiger partial charge in [0.1, 0.15) is 6.61 Å². The van der Waals surface area contributed by atoms with Gasteiger partial charge in [0, 0.05) is 6.54 Å². The summed E-state index contributed by atoms with van der Waals surface area (Å²) in [5, 5.41) is 8.82. The molecule has 0 aromatic carbocycles. The molecule has 0 aliphatic carbocycles. The number of nitrogens with zero attached hydrogens (tertiary/aromatic N) is 1. The van der Waals surface area contributed by atoms with E-state index in [2.05, 4.69) is 0 Å². The lowest BCUT2D eigenvalue weighted by atomic mass is 10.0. The number of Topliss-reactive ketones (excluding diaryl/α,β-unsaturated/α-hetero) is 1. The first kappa shape index (κ1) is 13.1. The van der Waals surface area contributed by atoms with Crippen molar-refractivity contribution in [3.05, 3.63) is 0 Å². The Labute approximate surface area is 95.6 Å². The van der Waals surface area contributed by atoms with Crippen molar-refractivity contribution in [2.24, 2.45) is 11.7 Å². The van der Waals surface area contributed by atoms with Crippen LogP contribution in [0.15, 0.2) is 0 Å². The van der Waals surface area contributed by atoms with Gasteiger partial charge in [-0.3, -0.25) is 9.59 Å². The Kier molecular flexibility index (Phi) is 4.44. The predicted molar refractivity (Wildman–Crippen MR) is 59.6 cm³/mol. The van der Waals surface area contributed by atoms with Crippen LogP contribution in [0.1, 0.15) is 26.7 Å². The fraction of sp³-hybridized carbons (Fsp3) is 0.818. The maximum absolute atomic E-state index is 12.0. The third-order valence-corrected chi connectivity index (χ3v) is 3.07. The summed E-state index contributed by atoms with van der Waals surface area (Å²) < 4.78 is 0. The Morgan fingerprint density at radius 1 is 1.50 bits per heavy atom. The number of nitrogens with two attached hydrogens (primary N) is 1. The zero-order chi connectivity index (χ0) is 12.3. The largest absolute Gasteiger partial charge is 0.389 e. The van der Waals surface area contributed by atoms with Crippen LogP contribution in [0.25, 0.3) is 0 Å². The summed E-state index contributed by atoms with van der Waals surface area (Å²) in [6, 6.07) is -1.03. The number of aliphatic hydroxyl groups excluding tert-OH is 1. The average Bonchev–Trinajstić information content (AvgIpc) is 2.74. The molecule has 1 amide bonds. The van der Waals surface area contributed by atoms with Gasteiger partial charge in [0.2, 0.25) is 5.91 Å². The van der Waals surface area contributed by atoms with Crippen molar-refractivity contribution in [3.8, 4) is 0 Å². The third kappa shape index (κ3) is 2.59. The molecule has 3 N–H and O–H groups in total. The quantitative estimate of drug-likeness (QED) is 0.681. The lowest BCUT2D eigenvalue weighted by Crippen LogP contribution is -2.50. The fourth-order valence-corrected chi connectivity index (χ4v) is 1.95. The molecule has 1 aliphatic heterocycles. The fourth-order valence-electron chi connectivity index (χ4n) is 1.95. The van der Waals surface area contributed by atoms with Crippen LogP contribution in [-0.2, 0) is 9.59 Å². The monoisotopic (exact) mass is 228 g/mol. The molecule has 0 bridgehead atoms. The van der Waals surface area contributed by atoms with Gasteiger partial charge in [-0.05, 0) is 18.8 Å². The van der Waals surface area contributed by atoms with E-state index >= 15 is 0 Å². The second-order valence-corrected chi connectivity index (χ2v) is 4.58. The van der Waals surface area contributed by atoms with Gasteiger partial charge in [0.25, 0.3) is 0 Å². The standard InChI is InChI=1S/C11H20N2O3/c1-7(2)10(12)11(16)13-5-3-4-8(13)9(15)6-14/h7-8,10,14H,3-6,12H2,1-2H3/t8-,10-/m0/s1. The summed E-state index contributed by atoms with van der Waals surface area (Å²) in [4.78, 5) is 24.9. The number of likely N-dealkylation sites (tertiary alicyclic amines) is 1. The molecule has 0 saturated carbocycles. The van der Waals surface area contributed by atoms with Crippen LogP contribution >= 0.6 is 0 Å². The number of amides is 1. The summed E-state index contributed by atoms with van der Waals surface area (Å²) in [6.45, 7) is 3.81. The van der Waals surface area contributed by atoms with E-state index in [0.717, 1.165) is 6.42 Å². The van der Waals surface area contributed by atoms with E-state index in [0.29, 0.717) is 13.0 Å². The summed E-state index contributed by atoms with van der Waals surface area (Å²) >= 11 is 0. The number of hydrogen-bond acceptors (Lipinski definition) is 4. The highest BCUT2D eigenvalue weighted by molar-refractivity contribution is 5.92. The first-order valence-corrected chi connectivity index (χ1v) is 5.68. The van der Waals surface area contributed by atoms with E-state index in [1.165, 1.54) is 4.90 Å². The van der Waals surface area contributed by atoms with E-state index in [-0.39, 0.29) is 17.6 Å². The summed E-state index contributed by atoms with van der Waals surface area (Å²) in [6.07, 6.45) is 1.43. The van der Waals surface area contributed by atoms with E-state index in [1.54, 1.807) is 0 Å². The molecule has 1 aliphatic rings. The number of carbonyl (C=O) groups is 2. The lowest BCUT2D eigenvalue weighted by Gasteiger charge is -2.27. The summed E-state index contributed by atoms with van der Waals surface area (Å²) in [5.41, 5.74) is 5.78. The zero-order valence-corrected chi connectivity index (χ0v) is 9.85. The minimum Gasteiger partial charge on any atom is -0.389 e. The van der Waals surface area contributed by atoms with Crippen molar-refractivity contribution < 1.29 is 14.7 Å². The van der Waals surface area contributed by atoms with Crippen LogP contribution in [0.2, 0.25) is 0 Å². The van der Waals surface area contributed by atoms with Crippen molar-refractivity contribution in [2.45, 2.75) is 38.8 Å². The lowest BCUT2D eigenvalue weighted by molar-refractivity contribution is -0.140. The van der Waals surface area contributed by atoms with Gasteiger partial charge < -0.3 is 15.7 Å². The van der Waals surface area contributed by atoms with Crippen LogP contribution in [-0.4, -0.2) is 46.9 Å². The highest BCUT2D eigenvalue weighted by atomic mass is 16.3. The van der Waals surface area contributed by atoms with Crippen molar-refractivity contribution >= 4 is 11.7 Å². The number of carbonyl (C=O) groups excluding carboxylic acids is 2. The zero-order valence-electron chi connectivity index (χ0n) is 9.85. The van der Waals surface area contributed by atoms with Crippen LogP contribution in [0.3, 0.4) is 0 Å². The molecule has 1 fully saturated rings. The first-order chi connectivity index (χ1) is 7.49. The van der Waals surface area contributed by atoms with Crippen LogP contribution < -0.4 is 5.73 Å². The minimum atomic E-state index is -0.563. The Morgan fingerprint density at radius 3 is 2.62 bits per heavy atom. The molecule has 5 heteroatoms. The van der Waals surface area contributed by atoms with Gasteiger partial charge in [-0.1, -0.05) is 13.8 Å². The molecule has 16 heavy (non-hydrogen) atoms. The first-order valence-electron chi connectivity index (χ1n) is 5.68. The minimum absolute atomic E-state index is 0.0537. The van der Waals surface area contributed by atoms with Gasteiger partial charge in [-0.15, -0.1) is 0 Å². The number of aliphatic hydroxyl groups is 1. The second-order valence-electron chi connectivity index (χ2n) is 4.58. The maximum Gasteiger partial charge on any atom is 0.240 e. The smallest absolute Gasteiger partial charge is 0.240 e. The van der Waals surface area contributed by atoms with E-state index < -0.39 is 18.7 Å². The topological polar surface area (TPSA) is 83.6 Å². The number of rotatable bonds is 4. The summed E-state index contributed by atoms with van der Waals surface area (Å²) in [5.74, 6) is -0.418. The highest BCUT2D eigenvalue weighted by Crippen LogP contribution is 2.20. The molecular formula is C11H20N2O3. The molecule has 0 unspecified atom stereocenters. The highest BCUT2D eigenvalue weighted by Gasteiger charge is 2.36. The van der Waals surface area contributed by atoms with Gasteiger partial charge in [-0.25, -0.2) is 0 Å². The Balaban J connectivity index is 2.71. The molecule has 2 atom stereocenters. The van der Waals surface area contributed by atoms with E-state index in [9.17, 15) is 9.59 Å². The molecular weight excluding hydrogens is 208 g/mol. The van der Waals surface area contributed by atoms with Gasteiger partial charge in [0.15, 0.2) is 5.78 Å². The second kappa shape index (κ2) is 5.41.